The minimum Gasteiger partial charge on any atom is -0.445 e. The number of alkyl carbamates (subject to hydrolysis) is 1. The van der Waals surface area contributed by atoms with Gasteiger partial charge in [0, 0.05) is 12.4 Å². The van der Waals surface area contributed by atoms with Gasteiger partial charge in [-0.1, -0.05) is 30.3 Å². The van der Waals surface area contributed by atoms with E-state index >= 15 is 0 Å². The Morgan fingerprint density at radius 3 is 2.52 bits per heavy atom. The number of nitrogens with one attached hydrogen (secondary N) is 3. The Morgan fingerprint density at radius 2 is 1.84 bits per heavy atom. The quantitative estimate of drug-likeness (QED) is 0.706. The number of rotatable bonds is 5. The first-order valence-corrected chi connectivity index (χ1v) is 7.53. The second-order valence-electron chi connectivity index (χ2n) is 5.11. The number of nitrogens with zero attached hydrogens (tertiary/aromatic N) is 1. The zero-order chi connectivity index (χ0) is 18.1. The molecule has 3 N–H and O–H groups in total. The van der Waals surface area contributed by atoms with Crippen molar-refractivity contribution in [1.82, 2.24) is 21.2 Å². The van der Waals surface area contributed by atoms with Crippen LogP contribution < -0.4 is 16.2 Å². The largest absolute Gasteiger partial charge is 0.445 e. The molecule has 0 saturated carbocycles. The van der Waals surface area contributed by atoms with Crippen LogP contribution in [0.5, 0.6) is 0 Å². The van der Waals surface area contributed by atoms with E-state index in [4.69, 9.17) is 4.74 Å². The number of ether oxygens (including phenoxy) is 1. The van der Waals surface area contributed by atoms with Gasteiger partial charge in [-0.15, -0.1) is 0 Å². The molecular weight excluding hydrogens is 324 g/mol. The highest BCUT2D eigenvalue weighted by Gasteiger charge is 2.17. The molecule has 0 bridgehead atoms. The lowest BCUT2D eigenvalue weighted by atomic mass is 10.2. The number of pyridine rings is 1. The number of carbonyl (C=O) groups excluding carboxylic acids is 3. The average Bonchev–Trinajstić information content (AvgIpc) is 2.65. The van der Waals surface area contributed by atoms with E-state index in [1.807, 2.05) is 30.3 Å². The Balaban J connectivity index is 1.72. The van der Waals surface area contributed by atoms with Gasteiger partial charge >= 0.3 is 6.09 Å². The summed E-state index contributed by atoms with van der Waals surface area (Å²) < 4.78 is 5.02. The molecule has 0 radical (unpaired) electrons. The van der Waals surface area contributed by atoms with Crippen LogP contribution in [0.4, 0.5) is 4.79 Å². The molecule has 1 aromatic carbocycles. The van der Waals surface area contributed by atoms with Crippen molar-refractivity contribution in [2.24, 2.45) is 0 Å². The van der Waals surface area contributed by atoms with Gasteiger partial charge in [-0.2, -0.15) is 0 Å². The average molecular weight is 342 g/mol. The third-order valence-electron chi connectivity index (χ3n) is 3.16. The van der Waals surface area contributed by atoms with E-state index in [2.05, 4.69) is 21.2 Å². The number of hydrogen-bond donors (Lipinski definition) is 3. The topological polar surface area (TPSA) is 109 Å². The maximum Gasteiger partial charge on any atom is 0.408 e. The molecule has 3 amide bonds. The molecule has 2 aromatic rings. The Morgan fingerprint density at radius 1 is 1.08 bits per heavy atom. The standard InChI is InChI=1S/C17H18N4O4/c1-12(19-17(24)25-11-13-6-3-2-4-7-13)15(22)20-21-16(23)14-8-5-9-18-10-14/h2-10,12H,11H2,1H3,(H,19,24)(H,20,22)(H,21,23)/t12-/m0/s1. The molecule has 8 heteroatoms. The van der Waals surface area contributed by atoms with E-state index in [1.165, 1.54) is 19.3 Å². The first-order chi connectivity index (χ1) is 12.1. The summed E-state index contributed by atoms with van der Waals surface area (Å²) in [5.74, 6) is -1.10. The predicted molar refractivity (Wildman–Crippen MR) is 89.1 cm³/mol. The van der Waals surface area contributed by atoms with Gasteiger partial charge in [-0.3, -0.25) is 25.4 Å². The smallest absolute Gasteiger partial charge is 0.408 e. The highest BCUT2D eigenvalue weighted by Crippen LogP contribution is 2.00. The monoisotopic (exact) mass is 342 g/mol. The van der Waals surface area contributed by atoms with E-state index in [9.17, 15) is 14.4 Å². The number of hydrazine groups is 1. The van der Waals surface area contributed by atoms with Crippen molar-refractivity contribution in [2.45, 2.75) is 19.6 Å². The lowest BCUT2D eigenvalue weighted by molar-refractivity contribution is -0.123. The van der Waals surface area contributed by atoms with Crippen LogP contribution in [0, 0.1) is 0 Å². The SMILES string of the molecule is C[C@H](NC(=O)OCc1ccccc1)C(=O)NNC(=O)c1cccnc1. The summed E-state index contributed by atoms with van der Waals surface area (Å²) in [6.45, 7) is 1.56. The first-order valence-electron chi connectivity index (χ1n) is 7.53. The molecule has 130 valence electrons. The zero-order valence-electron chi connectivity index (χ0n) is 13.6. The van der Waals surface area contributed by atoms with Crippen LogP contribution in [-0.4, -0.2) is 28.9 Å². The van der Waals surface area contributed by atoms with Crippen molar-refractivity contribution in [3.63, 3.8) is 0 Å². The molecule has 0 aliphatic carbocycles. The third-order valence-corrected chi connectivity index (χ3v) is 3.16. The van der Waals surface area contributed by atoms with Crippen LogP contribution in [0.15, 0.2) is 54.9 Å². The Hall–Kier alpha value is -3.42. The molecule has 1 heterocycles. The molecule has 8 nitrogen and oxygen atoms in total. The van der Waals surface area contributed by atoms with Gasteiger partial charge in [-0.25, -0.2) is 4.79 Å². The van der Waals surface area contributed by atoms with Gasteiger partial charge in [0.25, 0.3) is 11.8 Å². The number of benzene rings is 1. The molecule has 0 spiro atoms. The molecule has 1 atom stereocenters. The summed E-state index contributed by atoms with van der Waals surface area (Å²) in [5.41, 5.74) is 5.59. The fraction of sp³-hybridized carbons (Fsp3) is 0.176. The fourth-order valence-electron chi connectivity index (χ4n) is 1.80. The lowest BCUT2D eigenvalue weighted by Crippen LogP contribution is -2.51. The molecule has 0 aliphatic heterocycles. The third kappa shape index (κ3) is 5.94. The van der Waals surface area contributed by atoms with Crippen LogP contribution in [0.2, 0.25) is 0 Å². The summed E-state index contributed by atoms with van der Waals surface area (Å²) in [5, 5.41) is 2.38. The van der Waals surface area contributed by atoms with Crippen LogP contribution in [0.25, 0.3) is 0 Å². The molecular formula is C17H18N4O4. The summed E-state index contributed by atoms with van der Waals surface area (Å²) in [4.78, 5) is 39.1. The van der Waals surface area contributed by atoms with E-state index in [0.717, 1.165) is 5.56 Å². The number of amides is 3. The van der Waals surface area contributed by atoms with Crippen molar-refractivity contribution in [2.75, 3.05) is 0 Å². The molecule has 0 fully saturated rings. The summed E-state index contributed by atoms with van der Waals surface area (Å²) in [6.07, 6.45) is 2.16. The molecule has 2 rings (SSSR count). The van der Waals surface area contributed by atoms with Crippen molar-refractivity contribution in [3.05, 3.63) is 66.0 Å². The second kappa shape index (κ2) is 9.02. The first kappa shape index (κ1) is 17.9. The van der Waals surface area contributed by atoms with Gasteiger partial charge in [0.15, 0.2) is 0 Å². The van der Waals surface area contributed by atoms with Gasteiger partial charge in [-0.05, 0) is 24.6 Å². The molecule has 0 unspecified atom stereocenters. The van der Waals surface area contributed by atoms with Crippen LogP contribution in [-0.2, 0) is 16.1 Å². The van der Waals surface area contributed by atoms with Crippen molar-refractivity contribution in [3.8, 4) is 0 Å². The number of hydrogen-bond acceptors (Lipinski definition) is 5. The summed E-state index contributed by atoms with van der Waals surface area (Å²) >= 11 is 0. The summed E-state index contributed by atoms with van der Waals surface area (Å²) in [6, 6.07) is 11.4. The minimum atomic E-state index is -0.891. The van der Waals surface area contributed by atoms with E-state index in [-0.39, 0.29) is 6.61 Å². The maximum atomic E-state index is 11.9. The zero-order valence-corrected chi connectivity index (χ0v) is 13.6. The van der Waals surface area contributed by atoms with E-state index in [1.54, 1.807) is 12.1 Å². The van der Waals surface area contributed by atoms with Crippen LogP contribution in [0.1, 0.15) is 22.8 Å². The second-order valence-corrected chi connectivity index (χ2v) is 5.11. The Kier molecular flexibility index (Phi) is 6.47. The van der Waals surface area contributed by atoms with Crippen molar-refractivity contribution < 1.29 is 19.1 Å². The summed E-state index contributed by atoms with van der Waals surface area (Å²) in [7, 11) is 0. The van der Waals surface area contributed by atoms with E-state index in [0.29, 0.717) is 5.56 Å². The van der Waals surface area contributed by atoms with Crippen LogP contribution >= 0.6 is 0 Å². The van der Waals surface area contributed by atoms with E-state index < -0.39 is 23.9 Å². The maximum absolute atomic E-state index is 11.9. The molecule has 1 aromatic heterocycles. The number of aromatic nitrogens is 1. The van der Waals surface area contributed by atoms with Crippen molar-refractivity contribution >= 4 is 17.9 Å². The Labute approximate surface area is 144 Å². The normalized spacial score (nSPS) is 11.1. The minimum absolute atomic E-state index is 0.0960. The molecule has 25 heavy (non-hydrogen) atoms. The van der Waals surface area contributed by atoms with Gasteiger partial charge in [0.05, 0.1) is 5.56 Å². The van der Waals surface area contributed by atoms with Gasteiger partial charge in [0.2, 0.25) is 0 Å². The fourth-order valence-corrected chi connectivity index (χ4v) is 1.80. The molecule has 0 saturated heterocycles. The predicted octanol–water partition coefficient (Wildman–Crippen LogP) is 1.16. The lowest BCUT2D eigenvalue weighted by Gasteiger charge is -2.14. The highest BCUT2D eigenvalue weighted by molar-refractivity contribution is 5.95. The van der Waals surface area contributed by atoms with Crippen molar-refractivity contribution in [1.29, 1.82) is 0 Å². The van der Waals surface area contributed by atoms with Gasteiger partial charge in [0.1, 0.15) is 12.6 Å². The molecule has 0 aliphatic rings. The van der Waals surface area contributed by atoms with Crippen LogP contribution in [0.3, 0.4) is 0 Å². The highest BCUT2D eigenvalue weighted by atomic mass is 16.5. The van der Waals surface area contributed by atoms with Gasteiger partial charge < -0.3 is 10.1 Å². The Bertz CT molecular complexity index is 722. The number of carbonyl (C=O) groups is 3.